The fourth-order valence-corrected chi connectivity index (χ4v) is 3.41. The van der Waals surface area contributed by atoms with Crippen molar-refractivity contribution in [1.82, 2.24) is 10.4 Å². The van der Waals surface area contributed by atoms with Gasteiger partial charge >= 0.3 is 0 Å². The van der Waals surface area contributed by atoms with Gasteiger partial charge in [0.2, 0.25) is 0 Å². The lowest BCUT2D eigenvalue weighted by molar-refractivity contribution is -0.123. The summed E-state index contributed by atoms with van der Waals surface area (Å²) in [6.07, 6.45) is 1.66. The van der Waals surface area contributed by atoms with Crippen LogP contribution in [-0.2, 0) is 4.79 Å². The highest BCUT2D eigenvalue weighted by Gasteiger charge is 2.33. The van der Waals surface area contributed by atoms with Gasteiger partial charge in [-0.25, -0.2) is 0 Å². The van der Waals surface area contributed by atoms with Crippen LogP contribution in [0.2, 0.25) is 5.02 Å². The zero-order chi connectivity index (χ0) is 17.1. The van der Waals surface area contributed by atoms with E-state index >= 15 is 0 Å². The first-order valence-corrected chi connectivity index (χ1v) is 8.55. The molecule has 2 aromatic rings. The summed E-state index contributed by atoms with van der Waals surface area (Å²) in [4.78, 5) is 25.1. The van der Waals surface area contributed by atoms with Crippen LogP contribution in [-0.4, -0.2) is 21.1 Å². The second-order valence-electron chi connectivity index (χ2n) is 4.85. The topological polar surface area (TPSA) is 49.4 Å². The summed E-state index contributed by atoms with van der Waals surface area (Å²) in [7, 11) is 0. The number of rotatable bonds is 3. The van der Waals surface area contributed by atoms with Crippen LogP contribution < -0.4 is 5.43 Å². The highest BCUT2D eigenvalue weighted by atomic mass is 35.5. The second-order valence-corrected chi connectivity index (χ2v) is 6.93. The summed E-state index contributed by atoms with van der Waals surface area (Å²) in [5.74, 6) is -0.778. The van der Waals surface area contributed by atoms with Gasteiger partial charge < -0.3 is 0 Å². The number of nitrogens with one attached hydrogen (secondary N) is 1. The number of carbonyl (C=O) groups excluding carboxylic acids is 2. The molecule has 24 heavy (non-hydrogen) atoms. The van der Waals surface area contributed by atoms with E-state index in [0.29, 0.717) is 21.1 Å². The number of thiocarbonyl (C=S) groups is 1. The summed E-state index contributed by atoms with van der Waals surface area (Å²) in [6.45, 7) is 0. The van der Waals surface area contributed by atoms with Crippen molar-refractivity contribution < 1.29 is 9.59 Å². The van der Waals surface area contributed by atoms with Crippen LogP contribution in [0, 0.1) is 0 Å². The molecule has 0 radical (unpaired) electrons. The van der Waals surface area contributed by atoms with Crippen LogP contribution in [0.1, 0.15) is 15.9 Å². The van der Waals surface area contributed by atoms with Crippen LogP contribution in [0.15, 0.2) is 59.5 Å². The number of amides is 2. The third-order valence-corrected chi connectivity index (χ3v) is 4.88. The van der Waals surface area contributed by atoms with Crippen molar-refractivity contribution in [2.24, 2.45) is 0 Å². The van der Waals surface area contributed by atoms with E-state index in [1.165, 1.54) is 0 Å². The fourth-order valence-electron chi connectivity index (χ4n) is 2.05. The molecule has 0 unspecified atom stereocenters. The van der Waals surface area contributed by atoms with Crippen molar-refractivity contribution in [3.05, 3.63) is 75.7 Å². The average Bonchev–Trinajstić information content (AvgIpc) is 2.85. The summed E-state index contributed by atoms with van der Waals surface area (Å²) >= 11 is 12.4. The largest absolute Gasteiger partial charge is 0.285 e. The highest BCUT2D eigenvalue weighted by molar-refractivity contribution is 8.26. The molecule has 2 aromatic carbocycles. The monoisotopic (exact) mass is 374 g/mol. The first kappa shape index (κ1) is 16.7. The lowest BCUT2D eigenvalue weighted by atomic mass is 10.2. The summed E-state index contributed by atoms with van der Waals surface area (Å²) in [5, 5.41) is 1.62. The summed E-state index contributed by atoms with van der Waals surface area (Å²) < 4.78 is 0.266. The Hall–Kier alpha value is -2.15. The first-order valence-electron chi connectivity index (χ1n) is 6.95. The van der Waals surface area contributed by atoms with Gasteiger partial charge in [0.05, 0.1) is 4.91 Å². The predicted octanol–water partition coefficient (Wildman–Crippen LogP) is 3.89. The van der Waals surface area contributed by atoms with Gasteiger partial charge in [0, 0.05) is 10.6 Å². The summed E-state index contributed by atoms with van der Waals surface area (Å²) in [6, 6.07) is 15.8. The van der Waals surface area contributed by atoms with Crippen LogP contribution in [0.25, 0.3) is 6.08 Å². The maximum Gasteiger partial charge on any atom is 0.285 e. The maximum absolute atomic E-state index is 12.5. The summed E-state index contributed by atoms with van der Waals surface area (Å²) in [5.41, 5.74) is 3.70. The average molecular weight is 375 g/mol. The Bertz CT molecular complexity index is 853. The van der Waals surface area contributed by atoms with E-state index in [1.54, 1.807) is 42.5 Å². The number of nitrogens with zero attached hydrogens (tertiary/aromatic N) is 1. The molecule has 0 aromatic heterocycles. The molecule has 1 N–H and O–H groups in total. The van der Waals surface area contributed by atoms with Gasteiger partial charge in [0.15, 0.2) is 4.32 Å². The standard InChI is InChI=1S/C17H11ClN2O2S2/c18-13-9-5-4-8-12(13)10-14-16(22)20(17(23)24-14)19-15(21)11-6-2-1-3-7-11/h1-10H,(H,19,21)/b14-10-. The van der Waals surface area contributed by atoms with Crippen LogP contribution in [0.4, 0.5) is 0 Å². The van der Waals surface area contributed by atoms with Gasteiger partial charge in [-0.2, -0.15) is 5.01 Å². The van der Waals surface area contributed by atoms with E-state index in [2.05, 4.69) is 5.43 Å². The van der Waals surface area contributed by atoms with Gasteiger partial charge in [-0.15, -0.1) is 0 Å². The molecule has 7 heteroatoms. The molecule has 120 valence electrons. The molecule has 1 fully saturated rings. The Kier molecular flexibility index (Phi) is 4.99. The number of thioether (sulfide) groups is 1. The number of hydrogen-bond acceptors (Lipinski definition) is 4. The SMILES string of the molecule is O=C(NN1C(=O)/C(=C/c2ccccc2Cl)SC1=S)c1ccccc1. The van der Waals surface area contributed by atoms with Gasteiger partial charge in [0.1, 0.15) is 0 Å². The van der Waals surface area contributed by atoms with E-state index in [9.17, 15) is 9.59 Å². The smallest absolute Gasteiger partial charge is 0.267 e. The van der Waals surface area contributed by atoms with Crippen LogP contribution in [0.3, 0.4) is 0 Å². The van der Waals surface area contributed by atoms with Crippen molar-refractivity contribution in [3.63, 3.8) is 0 Å². The minimum atomic E-state index is -0.397. The maximum atomic E-state index is 12.5. The molecular weight excluding hydrogens is 364 g/mol. The molecule has 2 amide bonds. The Morgan fingerprint density at radius 2 is 1.79 bits per heavy atom. The Labute approximate surface area is 153 Å². The molecular formula is C17H11ClN2O2S2. The molecule has 1 aliphatic rings. The molecule has 1 saturated heterocycles. The quantitative estimate of drug-likeness (QED) is 0.654. The minimum Gasteiger partial charge on any atom is -0.267 e. The van der Waals surface area contributed by atoms with Crippen molar-refractivity contribution in [1.29, 1.82) is 0 Å². The zero-order valence-electron chi connectivity index (χ0n) is 12.2. The Morgan fingerprint density at radius 3 is 2.50 bits per heavy atom. The van der Waals surface area contributed by atoms with Crippen molar-refractivity contribution in [2.45, 2.75) is 0 Å². The lowest BCUT2D eigenvalue weighted by Gasteiger charge is -2.15. The molecule has 0 saturated carbocycles. The van der Waals surface area contributed by atoms with Crippen molar-refractivity contribution in [3.8, 4) is 0 Å². The van der Waals surface area contributed by atoms with Crippen LogP contribution >= 0.6 is 35.6 Å². The van der Waals surface area contributed by atoms with Gasteiger partial charge in [-0.05, 0) is 42.1 Å². The molecule has 4 nitrogen and oxygen atoms in total. The molecule has 3 rings (SSSR count). The van der Waals surface area contributed by atoms with E-state index in [-0.39, 0.29) is 10.2 Å². The lowest BCUT2D eigenvalue weighted by Crippen LogP contribution is -2.44. The molecule has 0 bridgehead atoms. The van der Waals surface area contributed by atoms with E-state index in [1.807, 2.05) is 18.2 Å². The first-order chi connectivity index (χ1) is 11.6. The number of halogens is 1. The Morgan fingerprint density at radius 1 is 1.12 bits per heavy atom. The molecule has 1 aliphatic heterocycles. The van der Waals surface area contributed by atoms with Crippen molar-refractivity contribution >= 4 is 57.8 Å². The predicted molar refractivity (Wildman–Crippen MR) is 100 cm³/mol. The molecule has 0 spiro atoms. The number of benzene rings is 2. The molecule has 0 atom stereocenters. The Balaban J connectivity index is 1.80. The number of carbonyl (C=O) groups is 2. The minimum absolute atomic E-state index is 0.266. The van der Waals surface area contributed by atoms with Gasteiger partial charge in [-0.3, -0.25) is 15.0 Å². The van der Waals surface area contributed by atoms with Crippen molar-refractivity contribution in [2.75, 3.05) is 0 Å². The third-order valence-electron chi connectivity index (χ3n) is 3.23. The van der Waals surface area contributed by atoms with Crippen LogP contribution in [0.5, 0.6) is 0 Å². The van der Waals surface area contributed by atoms with E-state index in [4.69, 9.17) is 23.8 Å². The fraction of sp³-hybridized carbons (Fsp3) is 0. The molecule has 1 heterocycles. The normalized spacial score (nSPS) is 15.9. The second kappa shape index (κ2) is 7.17. The van der Waals surface area contributed by atoms with E-state index < -0.39 is 5.91 Å². The zero-order valence-corrected chi connectivity index (χ0v) is 14.6. The van der Waals surface area contributed by atoms with E-state index in [0.717, 1.165) is 16.8 Å². The van der Waals surface area contributed by atoms with Gasteiger partial charge in [0.25, 0.3) is 11.8 Å². The highest BCUT2D eigenvalue weighted by Crippen LogP contribution is 2.32. The number of hydrazine groups is 1. The molecule has 0 aliphatic carbocycles. The number of hydrogen-bond donors (Lipinski definition) is 1. The van der Waals surface area contributed by atoms with Gasteiger partial charge in [-0.1, -0.05) is 59.8 Å². The third kappa shape index (κ3) is 3.51.